The quantitative estimate of drug-likeness (QED) is 0.888. The molecule has 1 saturated heterocycles. The number of carboxylic acids is 1. The Labute approximate surface area is 129 Å². The van der Waals surface area contributed by atoms with E-state index in [0.717, 1.165) is 22.3 Å². The number of hydrogen-bond acceptors (Lipinski definition) is 4. The molecule has 0 unspecified atom stereocenters. The van der Waals surface area contributed by atoms with E-state index in [1.165, 1.54) is 5.56 Å². The first-order chi connectivity index (χ1) is 10.5. The largest absolute Gasteiger partial charge is 0.481 e. The lowest BCUT2D eigenvalue weighted by atomic mass is 9.94. The Morgan fingerprint density at radius 3 is 2.82 bits per heavy atom. The molecular formula is C17H20N2O3. The number of pyridine rings is 1. The van der Waals surface area contributed by atoms with Gasteiger partial charge in [-0.3, -0.25) is 4.79 Å². The first kappa shape index (κ1) is 14.8. The van der Waals surface area contributed by atoms with Crippen molar-refractivity contribution < 1.29 is 15.0 Å². The molecule has 0 aliphatic carbocycles. The third-order valence-corrected chi connectivity index (χ3v) is 4.38. The standard InChI is InChI=1S/C17H20N2O3/c1-10-3-4-14-12(7-10)11(2)8-16(18-14)19-6-5-15(20)13(9-19)17(21)22/h3-4,7-8,13,15,20H,5-6,9H2,1-2H3,(H,21,22)/t13-,15-/m0/s1. The molecule has 1 aromatic carbocycles. The molecule has 0 bridgehead atoms. The van der Waals surface area contributed by atoms with Crippen LogP contribution in [-0.2, 0) is 4.79 Å². The third kappa shape index (κ3) is 2.64. The van der Waals surface area contributed by atoms with Gasteiger partial charge in [-0.15, -0.1) is 0 Å². The van der Waals surface area contributed by atoms with Crippen LogP contribution in [0.3, 0.4) is 0 Å². The molecule has 1 aromatic heterocycles. The first-order valence-corrected chi connectivity index (χ1v) is 7.49. The molecule has 2 heterocycles. The number of fused-ring (bicyclic) bond motifs is 1. The highest BCUT2D eigenvalue weighted by Crippen LogP contribution is 2.27. The van der Waals surface area contributed by atoms with Gasteiger partial charge in [0.1, 0.15) is 11.7 Å². The number of rotatable bonds is 2. The Kier molecular flexibility index (Phi) is 3.74. The van der Waals surface area contributed by atoms with Gasteiger partial charge in [-0.05, 0) is 44.0 Å². The lowest BCUT2D eigenvalue weighted by Gasteiger charge is -2.35. The summed E-state index contributed by atoms with van der Waals surface area (Å²) in [5.41, 5.74) is 3.23. The maximum absolute atomic E-state index is 11.3. The predicted molar refractivity (Wildman–Crippen MR) is 85.2 cm³/mol. The number of aromatic nitrogens is 1. The van der Waals surface area contributed by atoms with Crippen molar-refractivity contribution in [2.75, 3.05) is 18.0 Å². The number of anilines is 1. The van der Waals surface area contributed by atoms with Gasteiger partial charge in [0.05, 0.1) is 11.6 Å². The molecule has 1 aliphatic rings. The Balaban J connectivity index is 1.96. The molecule has 0 radical (unpaired) electrons. The van der Waals surface area contributed by atoms with Gasteiger partial charge in [0, 0.05) is 18.5 Å². The van der Waals surface area contributed by atoms with Crippen LogP contribution in [0.25, 0.3) is 10.9 Å². The highest BCUT2D eigenvalue weighted by molar-refractivity contribution is 5.84. The van der Waals surface area contributed by atoms with Crippen molar-refractivity contribution in [2.24, 2.45) is 5.92 Å². The smallest absolute Gasteiger partial charge is 0.310 e. The predicted octanol–water partition coefficient (Wildman–Crippen LogP) is 2.12. The van der Waals surface area contributed by atoms with Gasteiger partial charge >= 0.3 is 5.97 Å². The number of benzene rings is 1. The molecule has 116 valence electrons. The number of carboxylic acid groups (broad SMARTS) is 1. The summed E-state index contributed by atoms with van der Waals surface area (Å²) in [5.74, 6) is -0.929. The van der Waals surface area contributed by atoms with Crippen molar-refractivity contribution in [1.82, 2.24) is 4.98 Å². The van der Waals surface area contributed by atoms with Crippen molar-refractivity contribution >= 4 is 22.7 Å². The number of aliphatic hydroxyl groups excluding tert-OH is 1. The molecule has 5 nitrogen and oxygen atoms in total. The van der Waals surface area contributed by atoms with Crippen LogP contribution in [0.1, 0.15) is 17.5 Å². The lowest BCUT2D eigenvalue weighted by Crippen LogP contribution is -2.46. The Morgan fingerprint density at radius 2 is 2.09 bits per heavy atom. The monoisotopic (exact) mass is 300 g/mol. The van der Waals surface area contributed by atoms with Crippen LogP contribution in [-0.4, -0.2) is 40.4 Å². The van der Waals surface area contributed by atoms with Crippen LogP contribution in [0.2, 0.25) is 0 Å². The maximum Gasteiger partial charge on any atom is 0.310 e. The molecule has 0 amide bonds. The summed E-state index contributed by atoms with van der Waals surface area (Å²) in [4.78, 5) is 17.9. The van der Waals surface area contributed by atoms with Gasteiger partial charge in [0.2, 0.25) is 0 Å². The van der Waals surface area contributed by atoms with Crippen molar-refractivity contribution in [2.45, 2.75) is 26.4 Å². The second-order valence-electron chi connectivity index (χ2n) is 6.06. The number of carbonyl (C=O) groups is 1. The molecule has 1 aliphatic heterocycles. The summed E-state index contributed by atoms with van der Waals surface area (Å²) in [6.45, 7) is 5.01. The van der Waals surface area contributed by atoms with Gasteiger partial charge in [-0.1, -0.05) is 11.6 Å². The number of aryl methyl sites for hydroxylation is 2. The van der Waals surface area contributed by atoms with Gasteiger partial charge < -0.3 is 15.1 Å². The fourth-order valence-corrected chi connectivity index (χ4v) is 3.04. The zero-order chi connectivity index (χ0) is 15.9. The van der Waals surface area contributed by atoms with Crippen molar-refractivity contribution in [3.63, 3.8) is 0 Å². The first-order valence-electron chi connectivity index (χ1n) is 7.49. The molecule has 5 heteroatoms. The molecular weight excluding hydrogens is 280 g/mol. The molecule has 0 saturated carbocycles. The summed E-state index contributed by atoms with van der Waals surface area (Å²) in [5, 5.41) is 20.2. The van der Waals surface area contributed by atoms with Crippen LogP contribution in [0.15, 0.2) is 24.3 Å². The van der Waals surface area contributed by atoms with Gasteiger partial charge in [-0.25, -0.2) is 4.98 Å². The zero-order valence-corrected chi connectivity index (χ0v) is 12.8. The van der Waals surface area contributed by atoms with Crippen molar-refractivity contribution in [3.05, 3.63) is 35.4 Å². The van der Waals surface area contributed by atoms with Crippen LogP contribution in [0, 0.1) is 19.8 Å². The fourth-order valence-electron chi connectivity index (χ4n) is 3.04. The van der Waals surface area contributed by atoms with Crippen molar-refractivity contribution in [1.29, 1.82) is 0 Å². The Morgan fingerprint density at radius 1 is 1.32 bits per heavy atom. The second kappa shape index (κ2) is 5.57. The SMILES string of the molecule is Cc1ccc2nc(N3CC[C@H](O)[C@@H](C(=O)O)C3)cc(C)c2c1. The van der Waals surface area contributed by atoms with Crippen LogP contribution in [0.5, 0.6) is 0 Å². The molecule has 22 heavy (non-hydrogen) atoms. The summed E-state index contributed by atoms with van der Waals surface area (Å²) in [6.07, 6.45) is -0.332. The molecule has 2 N–H and O–H groups in total. The summed E-state index contributed by atoms with van der Waals surface area (Å²) in [6, 6.07) is 8.13. The van der Waals surface area contributed by atoms with E-state index in [0.29, 0.717) is 19.5 Å². The topological polar surface area (TPSA) is 73.7 Å². The van der Waals surface area contributed by atoms with Gasteiger partial charge in [0.25, 0.3) is 0 Å². The zero-order valence-electron chi connectivity index (χ0n) is 12.8. The second-order valence-corrected chi connectivity index (χ2v) is 6.06. The van der Waals surface area contributed by atoms with E-state index >= 15 is 0 Å². The van der Waals surface area contributed by atoms with Crippen LogP contribution in [0.4, 0.5) is 5.82 Å². The third-order valence-electron chi connectivity index (χ3n) is 4.38. The summed E-state index contributed by atoms with van der Waals surface area (Å²) >= 11 is 0. The van der Waals surface area contributed by atoms with E-state index in [9.17, 15) is 15.0 Å². The molecule has 2 atom stereocenters. The van der Waals surface area contributed by atoms with E-state index in [1.807, 2.05) is 30.0 Å². The number of aliphatic carboxylic acids is 1. The number of nitrogens with zero attached hydrogens (tertiary/aromatic N) is 2. The number of hydrogen-bond donors (Lipinski definition) is 2. The number of aliphatic hydroxyl groups is 1. The van der Waals surface area contributed by atoms with E-state index in [4.69, 9.17) is 0 Å². The normalized spacial score (nSPS) is 22.0. The minimum atomic E-state index is -0.953. The van der Waals surface area contributed by atoms with E-state index in [2.05, 4.69) is 18.0 Å². The van der Waals surface area contributed by atoms with E-state index in [-0.39, 0.29) is 0 Å². The Bertz CT molecular complexity index is 729. The average Bonchev–Trinajstić information content (AvgIpc) is 2.48. The minimum Gasteiger partial charge on any atom is -0.481 e. The average molecular weight is 300 g/mol. The maximum atomic E-state index is 11.3. The number of piperidine rings is 1. The Hall–Kier alpha value is -2.14. The minimum absolute atomic E-state index is 0.292. The summed E-state index contributed by atoms with van der Waals surface area (Å²) < 4.78 is 0. The lowest BCUT2D eigenvalue weighted by molar-refractivity contribution is -0.146. The van der Waals surface area contributed by atoms with Crippen LogP contribution >= 0.6 is 0 Å². The fraction of sp³-hybridized carbons (Fsp3) is 0.412. The molecule has 2 aromatic rings. The highest BCUT2D eigenvalue weighted by atomic mass is 16.4. The van der Waals surface area contributed by atoms with E-state index in [1.54, 1.807) is 0 Å². The van der Waals surface area contributed by atoms with Crippen molar-refractivity contribution in [3.8, 4) is 0 Å². The molecule has 0 spiro atoms. The highest BCUT2D eigenvalue weighted by Gasteiger charge is 2.33. The van der Waals surface area contributed by atoms with Gasteiger partial charge in [0.15, 0.2) is 0 Å². The van der Waals surface area contributed by atoms with Gasteiger partial charge in [-0.2, -0.15) is 0 Å². The summed E-state index contributed by atoms with van der Waals surface area (Å²) in [7, 11) is 0. The molecule has 1 fully saturated rings. The van der Waals surface area contributed by atoms with Crippen LogP contribution < -0.4 is 4.90 Å². The van der Waals surface area contributed by atoms with E-state index < -0.39 is 18.0 Å². The molecule has 3 rings (SSSR count).